The van der Waals surface area contributed by atoms with E-state index in [-0.39, 0.29) is 5.69 Å². The van der Waals surface area contributed by atoms with Crippen LogP contribution in [0.15, 0.2) is 27.5 Å². The molecule has 0 amide bonds. The molecule has 72 valence electrons. The maximum absolute atomic E-state index is 11.2. The van der Waals surface area contributed by atoms with E-state index in [1.54, 1.807) is 7.05 Å². The van der Waals surface area contributed by atoms with E-state index in [0.717, 1.165) is 15.4 Å². The molecule has 1 aromatic carbocycles. The number of aromatic nitrogens is 2. The molecule has 0 unspecified atom stereocenters. The molecule has 4 nitrogen and oxygen atoms in total. The SMILES string of the molecule is CNc1nc(=O)[nH]c2cc(Br)ccc12. The molecule has 1 aromatic heterocycles. The molecule has 0 saturated heterocycles. The van der Waals surface area contributed by atoms with Crippen molar-refractivity contribution in [2.24, 2.45) is 0 Å². The number of fused-ring (bicyclic) bond motifs is 1. The van der Waals surface area contributed by atoms with Gasteiger partial charge in [-0.3, -0.25) is 0 Å². The van der Waals surface area contributed by atoms with Crippen molar-refractivity contribution in [3.63, 3.8) is 0 Å². The van der Waals surface area contributed by atoms with Crippen molar-refractivity contribution in [2.45, 2.75) is 0 Å². The van der Waals surface area contributed by atoms with Gasteiger partial charge in [-0.1, -0.05) is 15.9 Å². The average molecular weight is 254 g/mol. The van der Waals surface area contributed by atoms with Crippen LogP contribution in [0, 0.1) is 0 Å². The minimum Gasteiger partial charge on any atom is -0.372 e. The maximum Gasteiger partial charge on any atom is 0.347 e. The Morgan fingerprint density at radius 1 is 1.50 bits per heavy atom. The third kappa shape index (κ3) is 1.50. The Hall–Kier alpha value is -1.36. The van der Waals surface area contributed by atoms with Gasteiger partial charge in [0.1, 0.15) is 5.82 Å². The second-order valence-electron chi connectivity index (χ2n) is 2.83. The van der Waals surface area contributed by atoms with Crippen molar-refractivity contribution < 1.29 is 0 Å². The highest BCUT2D eigenvalue weighted by Crippen LogP contribution is 2.21. The number of nitrogens with zero attached hydrogens (tertiary/aromatic N) is 1. The number of rotatable bonds is 1. The van der Waals surface area contributed by atoms with Gasteiger partial charge in [0.05, 0.1) is 5.52 Å². The molecule has 2 aromatic rings. The van der Waals surface area contributed by atoms with Gasteiger partial charge in [0.2, 0.25) is 0 Å². The lowest BCUT2D eigenvalue weighted by molar-refractivity contribution is 1.11. The molecule has 0 saturated carbocycles. The van der Waals surface area contributed by atoms with Gasteiger partial charge in [-0.15, -0.1) is 0 Å². The summed E-state index contributed by atoms with van der Waals surface area (Å²) >= 11 is 3.34. The van der Waals surface area contributed by atoms with E-state index < -0.39 is 0 Å². The van der Waals surface area contributed by atoms with Gasteiger partial charge in [-0.2, -0.15) is 4.98 Å². The van der Waals surface area contributed by atoms with E-state index in [2.05, 4.69) is 31.2 Å². The van der Waals surface area contributed by atoms with Crippen LogP contribution in [-0.4, -0.2) is 17.0 Å². The van der Waals surface area contributed by atoms with Crippen molar-refractivity contribution in [3.8, 4) is 0 Å². The van der Waals surface area contributed by atoms with E-state index in [1.165, 1.54) is 0 Å². The van der Waals surface area contributed by atoms with Crippen LogP contribution < -0.4 is 11.0 Å². The van der Waals surface area contributed by atoms with E-state index in [0.29, 0.717) is 5.82 Å². The van der Waals surface area contributed by atoms with Gasteiger partial charge in [0.15, 0.2) is 0 Å². The minimum absolute atomic E-state index is 0.347. The first-order chi connectivity index (χ1) is 6.70. The minimum atomic E-state index is -0.347. The van der Waals surface area contributed by atoms with Crippen molar-refractivity contribution in [2.75, 3.05) is 12.4 Å². The fourth-order valence-electron chi connectivity index (χ4n) is 1.32. The molecule has 0 aliphatic heterocycles. The van der Waals surface area contributed by atoms with Crippen LogP contribution in [0.5, 0.6) is 0 Å². The van der Waals surface area contributed by atoms with Crippen LogP contribution in [-0.2, 0) is 0 Å². The second kappa shape index (κ2) is 3.42. The van der Waals surface area contributed by atoms with E-state index in [9.17, 15) is 4.79 Å². The molecule has 0 atom stereocenters. The fourth-order valence-corrected chi connectivity index (χ4v) is 1.68. The Bertz CT molecular complexity index is 535. The third-order valence-corrected chi connectivity index (χ3v) is 2.42. The topological polar surface area (TPSA) is 57.8 Å². The zero-order valence-corrected chi connectivity index (χ0v) is 9.05. The molecule has 0 spiro atoms. The lowest BCUT2D eigenvalue weighted by Gasteiger charge is -2.03. The van der Waals surface area contributed by atoms with E-state index >= 15 is 0 Å². The molecule has 0 aliphatic rings. The van der Waals surface area contributed by atoms with Gasteiger partial charge in [0, 0.05) is 16.9 Å². The summed E-state index contributed by atoms with van der Waals surface area (Å²) in [5, 5.41) is 3.78. The van der Waals surface area contributed by atoms with Crippen LogP contribution in [0.4, 0.5) is 5.82 Å². The lowest BCUT2D eigenvalue weighted by Crippen LogP contribution is -2.12. The number of benzene rings is 1. The van der Waals surface area contributed by atoms with Crippen LogP contribution in [0.2, 0.25) is 0 Å². The summed E-state index contributed by atoms with van der Waals surface area (Å²) < 4.78 is 0.925. The first-order valence-corrected chi connectivity index (χ1v) is 4.87. The van der Waals surface area contributed by atoms with E-state index in [4.69, 9.17) is 0 Å². The number of H-pyrrole nitrogens is 1. The highest BCUT2D eigenvalue weighted by Gasteiger charge is 2.02. The molecule has 1 heterocycles. The van der Waals surface area contributed by atoms with Gasteiger partial charge in [-0.05, 0) is 18.2 Å². The molecule has 0 aliphatic carbocycles. The fraction of sp³-hybridized carbons (Fsp3) is 0.111. The van der Waals surface area contributed by atoms with Crippen molar-refractivity contribution >= 4 is 32.7 Å². The van der Waals surface area contributed by atoms with Gasteiger partial charge >= 0.3 is 5.69 Å². The Kier molecular flexibility index (Phi) is 2.25. The summed E-state index contributed by atoms with van der Waals surface area (Å²) in [6.45, 7) is 0. The number of anilines is 1. The monoisotopic (exact) mass is 253 g/mol. The van der Waals surface area contributed by atoms with Crippen LogP contribution in [0.1, 0.15) is 0 Å². The van der Waals surface area contributed by atoms with Crippen LogP contribution in [0.25, 0.3) is 10.9 Å². The number of aromatic amines is 1. The summed E-state index contributed by atoms with van der Waals surface area (Å²) in [4.78, 5) is 17.6. The zero-order valence-electron chi connectivity index (χ0n) is 7.47. The van der Waals surface area contributed by atoms with Gasteiger partial charge in [0.25, 0.3) is 0 Å². The lowest BCUT2D eigenvalue weighted by atomic mass is 10.2. The average Bonchev–Trinajstić information content (AvgIpc) is 2.15. The van der Waals surface area contributed by atoms with Crippen molar-refractivity contribution in [1.82, 2.24) is 9.97 Å². The highest BCUT2D eigenvalue weighted by atomic mass is 79.9. The Morgan fingerprint density at radius 2 is 2.29 bits per heavy atom. The molecular formula is C9H8BrN3O. The van der Waals surface area contributed by atoms with Crippen molar-refractivity contribution in [1.29, 1.82) is 0 Å². The number of hydrogen-bond donors (Lipinski definition) is 2. The molecule has 0 bridgehead atoms. The largest absolute Gasteiger partial charge is 0.372 e. The molecule has 2 N–H and O–H groups in total. The Morgan fingerprint density at radius 3 is 3.00 bits per heavy atom. The van der Waals surface area contributed by atoms with E-state index in [1.807, 2.05) is 18.2 Å². The first-order valence-electron chi connectivity index (χ1n) is 4.08. The first kappa shape index (κ1) is 9.21. The predicted molar refractivity (Wildman–Crippen MR) is 59.6 cm³/mol. The standard InChI is InChI=1S/C9H8BrN3O/c1-11-8-6-3-2-5(10)4-7(6)12-9(14)13-8/h2-4H,1H3,(H2,11,12,13,14). The summed E-state index contributed by atoms with van der Waals surface area (Å²) in [7, 11) is 1.74. The molecule has 0 fully saturated rings. The summed E-state index contributed by atoms with van der Waals surface area (Å²) in [6, 6.07) is 5.65. The highest BCUT2D eigenvalue weighted by molar-refractivity contribution is 9.10. The Labute approximate surface area is 88.5 Å². The number of hydrogen-bond acceptors (Lipinski definition) is 3. The van der Waals surface area contributed by atoms with Gasteiger partial charge in [-0.25, -0.2) is 4.79 Å². The smallest absolute Gasteiger partial charge is 0.347 e. The zero-order chi connectivity index (χ0) is 10.1. The maximum atomic E-state index is 11.2. The summed E-state index contributed by atoms with van der Waals surface area (Å²) in [6.07, 6.45) is 0. The molecule has 2 rings (SSSR count). The van der Waals surface area contributed by atoms with Crippen molar-refractivity contribution in [3.05, 3.63) is 33.2 Å². The summed E-state index contributed by atoms with van der Waals surface area (Å²) in [5.41, 5.74) is 0.420. The normalized spacial score (nSPS) is 10.4. The summed E-state index contributed by atoms with van der Waals surface area (Å²) in [5.74, 6) is 0.594. The van der Waals surface area contributed by atoms with Gasteiger partial charge < -0.3 is 10.3 Å². The Balaban J connectivity index is 2.87. The second-order valence-corrected chi connectivity index (χ2v) is 3.75. The third-order valence-electron chi connectivity index (χ3n) is 1.93. The van der Waals surface area contributed by atoms with Crippen LogP contribution in [0.3, 0.4) is 0 Å². The van der Waals surface area contributed by atoms with Crippen LogP contribution >= 0.6 is 15.9 Å². The number of halogens is 1. The molecule has 14 heavy (non-hydrogen) atoms. The molecule has 5 heteroatoms. The quantitative estimate of drug-likeness (QED) is 0.814. The predicted octanol–water partition coefficient (Wildman–Crippen LogP) is 1.73. The molecule has 0 radical (unpaired) electrons. The number of nitrogens with one attached hydrogen (secondary N) is 2. The molecular weight excluding hydrogens is 246 g/mol.